The Bertz CT molecular complexity index is 596. The molecule has 0 heterocycles. The van der Waals surface area contributed by atoms with Crippen LogP contribution in [0.15, 0.2) is 51.8 Å². The van der Waals surface area contributed by atoms with Gasteiger partial charge in [-0.15, -0.1) is 11.8 Å². The number of thioether (sulfide) groups is 1. The van der Waals surface area contributed by atoms with Crippen LogP contribution < -0.4 is 4.74 Å². The van der Waals surface area contributed by atoms with Crippen LogP contribution in [-0.4, -0.2) is 17.3 Å². The molecule has 0 aliphatic carbocycles. The summed E-state index contributed by atoms with van der Waals surface area (Å²) in [6.07, 6.45) is 1.99. The molecule has 3 nitrogen and oxygen atoms in total. The van der Waals surface area contributed by atoms with E-state index in [9.17, 15) is 4.79 Å². The summed E-state index contributed by atoms with van der Waals surface area (Å²) in [5.41, 5.74) is 0.128. The summed E-state index contributed by atoms with van der Waals surface area (Å²) in [6.45, 7) is 0. The van der Waals surface area contributed by atoms with Crippen LogP contribution in [0.2, 0.25) is 0 Å². The van der Waals surface area contributed by atoms with Crippen molar-refractivity contribution in [2.75, 3.05) is 6.26 Å². The lowest BCUT2D eigenvalue weighted by molar-refractivity contribution is 0.0694. The van der Waals surface area contributed by atoms with Gasteiger partial charge in [-0.1, -0.05) is 15.9 Å². The molecule has 2 aromatic rings. The molecule has 19 heavy (non-hydrogen) atoms. The number of rotatable bonds is 4. The van der Waals surface area contributed by atoms with Crippen LogP contribution in [0.5, 0.6) is 11.5 Å². The first kappa shape index (κ1) is 14.0. The Labute approximate surface area is 123 Å². The molecule has 2 rings (SSSR count). The fourth-order valence-corrected chi connectivity index (χ4v) is 2.30. The van der Waals surface area contributed by atoms with Gasteiger partial charge in [-0.05, 0) is 48.7 Å². The third-order valence-electron chi connectivity index (χ3n) is 2.46. The van der Waals surface area contributed by atoms with Crippen molar-refractivity contribution in [3.63, 3.8) is 0 Å². The van der Waals surface area contributed by atoms with Gasteiger partial charge in [0.25, 0.3) is 0 Å². The number of hydrogen-bond donors (Lipinski definition) is 1. The Balaban J connectivity index is 2.29. The van der Waals surface area contributed by atoms with E-state index in [2.05, 4.69) is 15.9 Å². The molecular formula is C14H11BrO3S. The summed E-state index contributed by atoms with van der Waals surface area (Å²) in [4.78, 5) is 12.3. The van der Waals surface area contributed by atoms with Gasteiger partial charge >= 0.3 is 5.97 Å². The van der Waals surface area contributed by atoms with Crippen molar-refractivity contribution in [2.45, 2.75) is 4.90 Å². The number of hydrogen-bond acceptors (Lipinski definition) is 3. The van der Waals surface area contributed by atoms with Crippen molar-refractivity contribution in [1.29, 1.82) is 0 Å². The fraction of sp³-hybridized carbons (Fsp3) is 0.0714. The van der Waals surface area contributed by atoms with Crippen molar-refractivity contribution in [3.8, 4) is 11.5 Å². The van der Waals surface area contributed by atoms with E-state index in [0.29, 0.717) is 16.0 Å². The van der Waals surface area contributed by atoms with E-state index in [0.717, 1.165) is 4.90 Å². The number of benzene rings is 2. The minimum Gasteiger partial charge on any atom is -0.478 e. The van der Waals surface area contributed by atoms with Gasteiger partial charge in [0.15, 0.2) is 0 Å². The molecule has 0 fully saturated rings. The van der Waals surface area contributed by atoms with Crippen LogP contribution in [0.25, 0.3) is 0 Å². The van der Waals surface area contributed by atoms with E-state index in [1.807, 2.05) is 30.5 Å². The molecule has 0 amide bonds. The third-order valence-corrected chi connectivity index (χ3v) is 3.70. The molecule has 0 radical (unpaired) electrons. The molecule has 5 heteroatoms. The summed E-state index contributed by atoms with van der Waals surface area (Å²) < 4.78 is 6.32. The molecule has 0 unspecified atom stereocenters. The van der Waals surface area contributed by atoms with Crippen LogP contribution in [0.3, 0.4) is 0 Å². The van der Waals surface area contributed by atoms with Gasteiger partial charge in [0, 0.05) is 9.37 Å². The monoisotopic (exact) mass is 338 g/mol. The fourth-order valence-electron chi connectivity index (χ4n) is 1.53. The van der Waals surface area contributed by atoms with Crippen LogP contribution in [0.4, 0.5) is 0 Å². The predicted molar refractivity (Wildman–Crippen MR) is 79.4 cm³/mol. The zero-order valence-corrected chi connectivity index (χ0v) is 12.5. The van der Waals surface area contributed by atoms with Crippen molar-refractivity contribution in [3.05, 3.63) is 52.5 Å². The van der Waals surface area contributed by atoms with Gasteiger partial charge < -0.3 is 9.84 Å². The van der Waals surface area contributed by atoms with E-state index < -0.39 is 5.97 Å². The number of carboxylic acid groups (broad SMARTS) is 1. The van der Waals surface area contributed by atoms with Gasteiger partial charge in [0.05, 0.1) is 0 Å². The molecule has 0 bridgehead atoms. The Morgan fingerprint density at radius 2 is 1.89 bits per heavy atom. The van der Waals surface area contributed by atoms with Crippen LogP contribution >= 0.6 is 27.7 Å². The molecule has 2 aromatic carbocycles. The van der Waals surface area contributed by atoms with Crippen LogP contribution in [0, 0.1) is 0 Å². The number of ether oxygens (including phenoxy) is 1. The van der Waals surface area contributed by atoms with Crippen molar-refractivity contribution >= 4 is 33.7 Å². The smallest absolute Gasteiger partial charge is 0.339 e. The highest BCUT2D eigenvalue weighted by Crippen LogP contribution is 2.29. The number of carbonyl (C=O) groups is 1. The van der Waals surface area contributed by atoms with E-state index >= 15 is 0 Å². The maximum Gasteiger partial charge on any atom is 0.339 e. The topological polar surface area (TPSA) is 46.5 Å². The first-order chi connectivity index (χ1) is 9.10. The van der Waals surface area contributed by atoms with Gasteiger partial charge in [0.1, 0.15) is 17.1 Å². The van der Waals surface area contributed by atoms with E-state index in [1.165, 1.54) is 6.07 Å². The highest BCUT2D eigenvalue weighted by molar-refractivity contribution is 9.10. The number of halogens is 1. The quantitative estimate of drug-likeness (QED) is 0.823. The first-order valence-electron chi connectivity index (χ1n) is 5.45. The number of carboxylic acids is 1. The van der Waals surface area contributed by atoms with Gasteiger partial charge in [-0.2, -0.15) is 0 Å². The van der Waals surface area contributed by atoms with E-state index in [1.54, 1.807) is 23.9 Å². The first-order valence-corrected chi connectivity index (χ1v) is 7.46. The highest BCUT2D eigenvalue weighted by Gasteiger charge is 2.12. The summed E-state index contributed by atoms with van der Waals surface area (Å²) in [5, 5.41) is 9.15. The molecule has 0 atom stereocenters. The normalized spacial score (nSPS) is 10.2. The summed E-state index contributed by atoms with van der Waals surface area (Å²) in [6, 6.07) is 12.4. The van der Waals surface area contributed by atoms with Gasteiger partial charge in [-0.25, -0.2) is 4.79 Å². The predicted octanol–water partition coefficient (Wildman–Crippen LogP) is 4.66. The van der Waals surface area contributed by atoms with E-state index in [-0.39, 0.29) is 5.56 Å². The SMILES string of the molecule is CSc1ccc(Oc2ccc(Br)cc2C(=O)O)cc1. The molecule has 0 spiro atoms. The second-order valence-corrected chi connectivity index (χ2v) is 5.52. The Hall–Kier alpha value is -1.46. The molecular weight excluding hydrogens is 328 g/mol. The molecule has 0 aromatic heterocycles. The van der Waals surface area contributed by atoms with Gasteiger partial charge in [0.2, 0.25) is 0 Å². The average molecular weight is 339 g/mol. The largest absolute Gasteiger partial charge is 0.478 e. The summed E-state index contributed by atoms with van der Waals surface area (Å²) >= 11 is 4.89. The average Bonchev–Trinajstić information content (AvgIpc) is 2.41. The molecule has 0 saturated carbocycles. The lowest BCUT2D eigenvalue weighted by Gasteiger charge is -2.09. The number of aromatic carboxylic acids is 1. The van der Waals surface area contributed by atoms with Crippen molar-refractivity contribution < 1.29 is 14.6 Å². The molecule has 0 aliphatic heterocycles. The lowest BCUT2D eigenvalue weighted by Crippen LogP contribution is -2.00. The standard InChI is InChI=1S/C14H11BrO3S/c1-19-11-5-3-10(4-6-11)18-13-7-2-9(15)8-12(13)14(16)17/h2-8H,1H3,(H,16,17). The Morgan fingerprint density at radius 1 is 1.21 bits per heavy atom. The van der Waals surface area contributed by atoms with Crippen LogP contribution in [-0.2, 0) is 0 Å². The third kappa shape index (κ3) is 3.52. The molecule has 98 valence electrons. The maximum atomic E-state index is 11.2. The zero-order chi connectivity index (χ0) is 13.8. The molecule has 0 aliphatic rings. The summed E-state index contributed by atoms with van der Waals surface area (Å²) in [7, 11) is 0. The zero-order valence-electron chi connectivity index (χ0n) is 10.1. The van der Waals surface area contributed by atoms with Crippen LogP contribution in [0.1, 0.15) is 10.4 Å². The second kappa shape index (κ2) is 6.12. The van der Waals surface area contributed by atoms with Crippen molar-refractivity contribution in [2.24, 2.45) is 0 Å². The Kier molecular flexibility index (Phi) is 4.50. The Morgan fingerprint density at radius 3 is 2.47 bits per heavy atom. The summed E-state index contributed by atoms with van der Waals surface area (Å²) in [5.74, 6) is -0.0766. The van der Waals surface area contributed by atoms with Gasteiger partial charge in [-0.3, -0.25) is 0 Å². The van der Waals surface area contributed by atoms with E-state index in [4.69, 9.17) is 9.84 Å². The molecule has 0 saturated heterocycles. The molecule has 1 N–H and O–H groups in total. The van der Waals surface area contributed by atoms with Crippen molar-refractivity contribution in [1.82, 2.24) is 0 Å². The minimum atomic E-state index is -1.02. The minimum absolute atomic E-state index is 0.128. The second-order valence-electron chi connectivity index (χ2n) is 3.72. The maximum absolute atomic E-state index is 11.2. The highest BCUT2D eigenvalue weighted by atomic mass is 79.9. The lowest BCUT2D eigenvalue weighted by atomic mass is 10.2.